The van der Waals surface area contributed by atoms with E-state index in [1.165, 1.54) is 6.08 Å². The lowest BCUT2D eigenvalue weighted by Crippen LogP contribution is -2.21. The second-order valence-corrected chi connectivity index (χ2v) is 4.68. The molecule has 1 aromatic carbocycles. The van der Waals surface area contributed by atoms with Gasteiger partial charge in [-0.2, -0.15) is 0 Å². The number of hydrogen-bond donors (Lipinski definition) is 2. The molecule has 0 saturated carbocycles. The number of hydrogen-bond acceptors (Lipinski definition) is 2. The van der Waals surface area contributed by atoms with Crippen LogP contribution < -0.4 is 5.32 Å². The van der Waals surface area contributed by atoms with Gasteiger partial charge < -0.3 is 4.98 Å². The van der Waals surface area contributed by atoms with Crippen molar-refractivity contribution in [2.75, 3.05) is 0 Å². The summed E-state index contributed by atoms with van der Waals surface area (Å²) in [4.78, 5) is 25.8. The van der Waals surface area contributed by atoms with Gasteiger partial charge in [0.1, 0.15) is 0 Å². The third kappa shape index (κ3) is 1.59. The van der Waals surface area contributed by atoms with Crippen molar-refractivity contribution in [3.63, 3.8) is 0 Å². The number of benzene rings is 1. The van der Waals surface area contributed by atoms with E-state index in [1.807, 2.05) is 18.2 Å². The van der Waals surface area contributed by atoms with Crippen LogP contribution >= 0.6 is 15.9 Å². The predicted molar refractivity (Wildman–Crippen MR) is 67.1 cm³/mol. The van der Waals surface area contributed by atoms with E-state index in [-0.39, 0.29) is 11.8 Å². The van der Waals surface area contributed by atoms with Crippen molar-refractivity contribution in [2.24, 2.45) is 0 Å². The summed E-state index contributed by atoms with van der Waals surface area (Å²) >= 11 is 3.39. The predicted octanol–water partition coefficient (Wildman–Crippen LogP) is 1.97. The molecule has 0 radical (unpaired) electrons. The highest BCUT2D eigenvalue weighted by molar-refractivity contribution is 9.10. The first-order chi connectivity index (χ1) is 8.15. The van der Waals surface area contributed by atoms with Gasteiger partial charge in [-0.3, -0.25) is 14.9 Å². The zero-order valence-electron chi connectivity index (χ0n) is 8.58. The van der Waals surface area contributed by atoms with E-state index >= 15 is 0 Å². The lowest BCUT2D eigenvalue weighted by molar-refractivity contribution is -0.123. The highest BCUT2D eigenvalue weighted by Gasteiger charge is 2.24. The maximum Gasteiger partial charge on any atom is 0.258 e. The van der Waals surface area contributed by atoms with Crippen molar-refractivity contribution in [2.45, 2.75) is 0 Å². The van der Waals surface area contributed by atoms with E-state index in [9.17, 15) is 9.59 Å². The first-order valence-electron chi connectivity index (χ1n) is 4.99. The normalized spacial score (nSPS) is 15.2. The zero-order valence-corrected chi connectivity index (χ0v) is 10.2. The van der Waals surface area contributed by atoms with Crippen LogP contribution in [0, 0.1) is 0 Å². The lowest BCUT2D eigenvalue weighted by atomic mass is 10.1. The molecule has 0 spiro atoms. The molecule has 1 aliphatic heterocycles. The first-order valence-corrected chi connectivity index (χ1v) is 5.78. The van der Waals surface area contributed by atoms with E-state index in [1.54, 1.807) is 6.20 Å². The van der Waals surface area contributed by atoms with E-state index < -0.39 is 0 Å². The molecule has 2 N–H and O–H groups in total. The summed E-state index contributed by atoms with van der Waals surface area (Å²) in [5.74, 6) is -0.717. The Labute approximate surface area is 105 Å². The SMILES string of the molecule is O=C1C=C(c2c[nH]c3ccc(Br)cc23)C(=O)N1. The third-order valence-corrected chi connectivity index (χ3v) is 3.18. The Hall–Kier alpha value is -1.88. The molecule has 5 heteroatoms. The Bertz CT molecular complexity index is 685. The minimum absolute atomic E-state index is 0.351. The fraction of sp³-hybridized carbons (Fsp3) is 0. The number of halogens is 1. The minimum atomic E-state index is -0.366. The van der Waals surface area contributed by atoms with Crippen molar-refractivity contribution in [3.05, 3.63) is 40.5 Å². The quantitative estimate of drug-likeness (QED) is 0.789. The molecule has 4 nitrogen and oxygen atoms in total. The van der Waals surface area contributed by atoms with Crippen LogP contribution in [0.4, 0.5) is 0 Å². The van der Waals surface area contributed by atoms with Gasteiger partial charge in [0.15, 0.2) is 0 Å². The molecule has 1 aromatic heterocycles. The molecule has 1 aliphatic rings. The van der Waals surface area contributed by atoms with Crippen LogP contribution in [0.15, 0.2) is 34.9 Å². The highest BCUT2D eigenvalue weighted by atomic mass is 79.9. The summed E-state index contributed by atoms with van der Waals surface area (Å²) in [6.07, 6.45) is 3.06. The van der Waals surface area contributed by atoms with Gasteiger partial charge in [-0.15, -0.1) is 0 Å². The molecule has 0 saturated heterocycles. The van der Waals surface area contributed by atoms with Crippen LogP contribution in [0.5, 0.6) is 0 Å². The van der Waals surface area contributed by atoms with Crippen LogP contribution in [0.25, 0.3) is 16.5 Å². The molecule has 0 atom stereocenters. The fourth-order valence-corrected chi connectivity index (χ4v) is 2.29. The lowest BCUT2D eigenvalue weighted by Gasteiger charge is -1.98. The zero-order chi connectivity index (χ0) is 12.0. The van der Waals surface area contributed by atoms with E-state index in [0.717, 1.165) is 20.9 Å². The van der Waals surface area contributed by atoms with E-state index in [0.29, 0.717) is 5.57 Å². The largest absolute Gasteiger partial charge is 0.361 e. The maximum atomic E-state index is 11.6. The van der Waals surface area contributed by atoms with Crippen LogP contribution in [0.2, 0.25) is 0 Å². The topological polar surface area (TPSA) is 62.0 Å². The first kappa shape index (κ1) is 10.3. The van der Waals surface area contributed by atoms with Gasteiger partial charge in [0.2, 0.25) is 0 Å². The van der Waals surface area contributed by atoms with Gasteiger partial charge in [0, 0.05) is 33.2 Å². The molecule has 17 heavy (non-hydrogen) atoms. The Kier molecular flexibility index (Phi) is 2.16. The average molecular weight is 291 g/mol. The van der Waals surface area contributed by atoms with Gasteiger partial charge in [0.25, 0.3) is 11.8 Å². The molecule has 3 rings (SSSR count). The number of fused-ring (bicyclic) bond motifs is 1. The Morgan fingerprint density at radius 1 is 1.18 bits per heavy atom. The number of carbonyl (C=O) groups is 2. The monoisotopic (exact) mass is 290 g/mol. The van der Waals surface area contributed by atoms with Crippen LogP contribution in [-0.2, 0) is 9.59 Å². The fourth-order valence-electron chi connectivity index (χ4n) is 1.93. The Morgan fingerprint density at radius 2 is 2.00 bits per heavy atom. The van der Waals surface area contributed by atoms with Crippen molar-refractivity contribution >= 4 is 44.2 Å². The van der Waals surface area contributed by atoms with E-state index in [2.05, 4.69) is 26.2 Å². The smallest absolute Gasteiger partial charge is 0.258 e. The molecule has 0 unspecified atom stereocenters. The second-order valence-electron chi connectivity index (χ2n) is 3.77. The standard InChI is InChI=1S/C12H7BrN2O2/c13-6-1-2-10-7(3-6)9(5-14-10)8-4-11(16)15-12(8)17/h1-5,14H,(H,15,16,17). The third-order valence-electron chi connectivity index (χ3n) is 2.69. The molecular weight excluding hydrogens is 284 g/mol. The van der Waals surface area contributed by atoms with Crippen molar-refractivity contribution in [3.8, 4) is 0 Å². The number of imide groups is 1. The molecule has 2 aromatic rings. The average Bonchev–Trinajstić information content (AvgIpc) is 2.81. The van der Waals surface area contributed by atoms with Crippen LogP contribution in [0.1, 0.15) is 5.56 Å². The number of H-pyrrole nitrogens is 1. The second kappa shape index (κ2) is 3.56. The molecule has 84 valence electrons. The van der Waals surface area contributed by atoms with Gasteiger partial charge >= 0.3 is 0 Å². The van der Waals surface area contributed by atoms with Gasteiger partial charge in [-0.25, -0.2) is 0 Å². The Morgan fingerprint density at radius 3 is 2.71 bits per heavy atom. The maximum absolute atomic E-state index is 11.6. The molecule has 2 heterocycles. The molecule has 0 aliphatic carbocycles. The summed E-state index contributed by atoms with van der Waals surface area (Å²) in [7, 11) is 0. The van der Waals surface area contributed by atoms with Gasteiger partial charge in [0.05, 0.1) is 5.57 Å². The van der Waals surface area contributed by atoms with Gasteiger partial charge in [-0.1, -0.05) is 15.9 Å². The summed E-state index contributed by atoms with van der Waals surface area (Å²) < 4.78 is 0.927. The number of carbonyl (C=O) groups excluding carboxylic acids is 2. The number of nitrogens with one attached hydrogen (secondary N) is 2. The Balaban J connectivity index is 2.25. The molecule has 2 amide bonds. The van der Waals surface area contributed by atoms with Gasteiger partial charge in [-0.05, 0) is 18.2 Å². The molecule has 0 fully saturated rings. The molecule has 0 bridgehead atoms. The number of rotatable bonds is 1. The summed E-state index contributed by atoms with van der Waals surface area (Å²) in [5, 5.41) is 3.15. The van der Waals surface area contributed by atoms with E-state index in [4.69, 9.17) is 0 Å². The minimum Gasteiger partial charge on any atom is -0.361 e. The molecular formula is C12H7BrN2O2. The van der Waals surface area contributed by atoms with Crippen LogP contribution in [-0.4, -0.2) is 16.8 Å². The number of aromatic nitrogens is 1. The van der Waals surface area contributed by atoms with Crippen molar-refractivity contribution in [1.82, 2.24) is 10.3 Å². The summed E-state index contributed by atoms with van der Waals surface area (Å²) in [5.41, 5.74) is 2.07. The van der Waals surface area contributed by atoms with Crippen LogP contribution in [0.3, 0.4) is 0 Å². The summed E-state index contributed by atoms with van der Waals surface area (Å²) in [6.45, 7) is 0. The number of amides is 2. The summed E-state index contributed by atoms with van der Waals surface area (Å²) in [6, 6.07) is 5.74. The highest BCUT2D eigenvalue weighted by Crippen LogP contribution is 2.29. The number of aromatic amines is 1. The van der Waals surface area contributed by atoms with Crippen molar-refractivity contribution < 1.29 is 9.59 Å². The van der Waals surface area contributed by atoms with Crippen molar-refractivity contribution in [1.29, 1.82) is 0 Å².